The Labute approximate surface area is 239 Å². The van der Waals surface area contributed by atoms with Gasteiger partial charge in [0.2, 0.25) is 0 Å². The zero-order chi connectivity index (χ0) is 28.3. The minimum Gasteiger partial charge on any atom is -0.489 e. The van der Waals surface area contributed by atoms with E-state index in [2.05, 4.69) is 39.7 Å². The third-order valence-electron chi connectivity index (χ3n) is 7.93. The van der Waals surface area contributed by atoms with Gasteiger partial charge in [-0.3, -0.25) is 14.9 Å². The first-order valence-electron chi connectivity index (χ1n) is 14.3. The minimum atomic E-state index is -0.381. The van der Waals surface area contributed by atoms with E-state index in [-0.39, 0.29) is 11.8 Å². The Hall–Kier alpha value is -4.62. The maximum absolute atomic E-state index is 13.4. The van der Waals surface area contributed by atoms with E-state index in [4.69, 9.17) is 4.74 Å². The fraction of sp³-hybridized carbons (Fsp3) is 0.235. The molecule has 41 heavy (non-hydrogen) atoms. The summed E-state index contributed by atoms with van der Waals surface area (Å²) in [6, 6.07) is 23.9. The molecule has 0 saturated carbocycles. The number of fused-ring (bicyclic) bond motifs is 2. The summed E-state index contributed by atoms with van der Waals surface area (Å²) in [6.07, 6.45) is 4.81. The lowest BCUT2D eigenvalue weighted by Crippen LogP contribution is -2.24. The van der Waals surface area contributed by atoms with Gasteiger partial charge in [-0.15, -0.1) is 0 Å². The van der Waals surface area contributed by atoms with Crippen LogP contribution in [0.4, 0.5) is 0 Å². The number of hydrogen-bond acceptors (Lipinski definition) is 4. The van der Waals surface area contributed by atoms with Crippen molar-refractivity contribution in [3.63, 3.8) is 0 Å². The Kier molecular flexibility index (Phi) is 7.44. The fourth-order valence-electron chi connectivity index (χ4n) is 5.74. The van der Waals surface area contributed by atoms with Crippen LogP contribution in [0.15, 0.2) is 85.2 Å². The highest BCUT2D eigenvalue weighted by molar-refractivity contribution is 6.50. The van der Waals surface area contributed by atoms with Crippen molar-refractivity contribution in [1.82, 2.24) is 19.8 Å². The topological polar surface area (TPSA) is 79.4 Å². The van der Waals surface area contributed by atoms with Crippen LogP contribution in [0.2, 0.25) is 0 Å². The second-order valence-electron chi connectivity index (χ2n) is 10.4. The smallest absolute Gasteiger partial charge is 0.259 e. The Balaban J connectivity index is 1.45. The van der Waals surface area contributed by atoms with E-state index in [9.17, 15) is 9.59 Å². The third-order valence-corrected chi connectivity index (χ3v) is 7.93. The molecule has 6 rings (SSSR count). The van der Waals surface area contributed by atoms with Crippen molar-refractivity contribution < 1.29 is 14.3 Å². The van der Waals surface area contributed by atoms with E-state index in [0.717, 1.165) is 71.1 Å². The van der Waals surface area contributed by atoms with Crippen LogP contribution < -0.4 is 10.1 Å². The summed E-state index contributed by atoms with van der Waals surface area (Å²) in [5.74, 6) is -0.0517. The number of amides is 2. The molecule has 0 bridgehead atoms. The molecule has 7 heteroatoms. The molecule has 0 unspecified atom stereocenters. The highest BCUT2D eigenvalue weighted by Gasteiger charge is 2.35. The zero-order valence-corrected chi connectivity index (χ0v) is 23.4. The van der Waals surface area contributed by atoms with E-state index in [1.54, 1.807) is 0 Å². The Morgan fingerprint density at radius 1 is 0.829 bits per heavy atom. The zero-order valence-electron chi connectivity index (χ0n) is 23.4. The van der Waals surface area contributed by atoms with Crippen molar-refractivity contribution in [3.8, 4) is 5.75 Å². The molecule has 0 aliphatic carbocycles. The average molecular weight is 547 g/mol. The molecule has 1 aliphatic heterocycles. The monoisotopic (exact) mass is 546 g/mol. The van der Waals surface area contributed by atoms with Gasteiger partial charge in [-0.1, -0.05) is 62.4 Å². The highest BCUT2D eigenvalue weighted by Crippen LogP contribution is 2.39. The van der Waals surface area contributed by atoms with Gasteiger partial charge in [-0.05, 0) is 55.9 Å². The number of ether oxygens (including phenoxy) is 1. The van der Waals surface area contributed by atoms with Crippen molar-refractivity contribution in [2.75, 3.05) is 19.6 Å². The second kappa shape index (κ2) is 11.5. The number of nitrogens with zero attached hydrogens (tertiary/aromatic N) is 2. The first-order valence-corrected chi connectivity index (χ1v) is 14.3. The number of para-hydroxylation sites is 1. The summed E-state index contributed by atoms with van der Waals surface area (Å²) < 4.78 is 8.37. The van der Waals surface area contributed by atoms with E-state index >= 15 is 0 Å². The van der Waals surface area contributed by atoms with Crippen molar-refractivity contribution in [3.05, 3.63) is 102 Å². The largest absolute Gasteiger partial charge is 0.489 e. The maximum Gasteiger partial charge on any atom is 0.259 e. The number of aromatic nitrogens is 2. The number of aryl methyl sites for hydroxylation is 1. The van der Waals surface area contributed by atoms with Crippen molar-refractivity contribution in [1.29, 1.82) is 0 Å². The molecule has 208 valence electrons. The van der Waals surface area contributed by atoms with Crippen molar-refractivity contribution in [2.24, 2.45) is 0 Å². The normalized spacial score (nSPS) is 13.6. The van der Waals surface area contributed by atoms with Gasteiger partial charge >= 0.3 is 0 Å². The number of carbonyl (C=O) groups is 2. The van der Waals surface area contributed by atoms with E-state index < -0.39 is 0 Å². The molecule has 5 aromatic rings. The highest BCUT2D eigenvalue weighted by atomic mass is 16.5. The van der Waals surface area contributed by atoms with Gasteiger partial charge in [0.05, 0.1) is 11.1 Å². The van der Waals surface area contributed by atoms with Crippen LogP contribution in [0.25, 0.3) is 33.0 Å². The first kappa shape index (κ1) is 26.6. The molecular formula is C34H34N4O3. The lowest BCUT2D eigenvalue weighted by atomic mass is 9.95. The summed E-state index contributed by atoms with van der Waals surface area (Å²) >= 11 is 0. The molecule has 0 fully saturated rings. The molecule has 2 aromatic heterocycles. The van der Waals surface area contributed by atoms with E-state index in [0.29, 0.717) is 23.5 Å². The van der Waals surface area contributed by atoms with Crippen LogP contribution in [-0.2, 0) is 22.7 Å². The number of aromatic amines is 1. The van der Waals surface area contributed by atoms with Gasteiger partial charge in [0.25, 0.3) is 11.8 Å². The Bertz CT molecular complexity index is 1760. The molecule has 0 atom stereocenters. The maximum atomic E-state index is 13.4. The lowest BCUT2D eigenvalue weighted by molar-refractivity contribution is -0.122. The predicted molar refractivity (Wildman–Crippen MR) is 163 cm³/mol. The van der Waals surface area contributed by atoms with E-state index in [1.165, 1.54) is 0 Å². The summed E-state index contributed by atoms with van der Waals surface area (Å²) in [6.45, 7) is 8.61. The van der Waals surface area contributed by atoms with E-state index in [1.807, 2.05) is 79.1 Å². The van der Waals surface area contributed by atoms with Crippen molar-refractivity contribution >= 4 is 44.8 Å². The number of benzene rings is 3. The number of nitrogens with one attached hydrogen (secondary N) is 2. The van der Waals surface area contributed by atoms with Crippen LogP contribution in [-0.4, -0.2) is 45.9 Å². The van der Waals surface area contributed by atoms with Crippen LogP contribution in [0.1, 0.15) is 37.0 Å². The van der Waals surface area contributed by atoms with Gasteiger partial charge in [0, 0.05) is 51.9 Å². The molecule has 2 N–H and O–H groups in total. The van der Waals surface area contributed by atoms with Crippen molar-refractivity contribution in [2.45, 2.75) is 33.4 Å². The molecule has 3 aromatic carbocycles. The van der Waals surface area contributed by atoms with Crippen LogP contribution >= 0.6 is 0 Å². The summed E-state index contributed by atoms with van der Waals surface area (Å²) in [5, 5.41) is 4.35. The number of H-pyrrole nitrogens is 1. The molecule has 1 aliphatic rings. The number of carbonyl (C=O) groups excluding carboxylic acids is 2. The van der Waals surface area contributed by atoms with Crippen LogP contribution in [0.3, 0.4) is 0 Å². The second-order valence-corrected chi connectivity index (χ2v) is 10.4. The molecule has 3 heterocycles. The SMILES string of the molecule is CCN(CC)CCCn1cc(C2=C(c3c[nH]c4ccccc34)C(=O)NC2=O)c2cc(OCc3ccccc3)ccc21. The third kappa shape index (κ3) is 5.16. The average Bonchev–Trinajstić information content (AvgIpc) is 3.67. The predicted octanol–water partition coefficient (Wildman–Crippen LogP) is 6.00. The van der Waals surface area contributed by atoms with Gasteiger partial charge in [0.1, 0.15) is 12.4 Å². The Morgan fingerprint density at radius 3 is 2.34 bits per heavy atom. The van der Waals surface area contributed by atoms with Crippen LogP contribution in [0, 0.1) is 0 Å². The standard InChI is InChI=1S/C34H34N4O3/c1-3-37(4-2)17-10-18-38-21-28(26-19-24(15-16-30(26)38)41-22-23-11-6-5-7-12-23)32-31(33(39)36-34(32)40)27-20-35-29-14-9-8-13-25(27)29/h5-9,11-16,19-21,35H,3-4,10,17-18,22H2,1-2H3,(H,36,39,40). The van der Waals surface area contributed by atoms with Gasteiger partial charge in [0.15, 0.2) is 0 Å². The molecule has 0 radical (unpaired) electrons. The summed E-state index contributed by atoms with van der Waals surface area (Å²) in [4.78, 5) is 32.3. The number of hydrogen-bond donors (Lipinski definition) is 2. The molecule has 0 spiro atoms. The Morgan fingerprint density at radius 2 is 1.56 bits per heavy atom. The number of rotatable bonds is 11. The summed E-state index contributed by atoms with van der Waals surface area (Å²) in [7, 11) is 0. The quantitative estimate of drug-likeness (QED) is 0.199. The fourth-order valence-corrected chi connectivity index (χ4v) is 5.74. The molecule has 0 saturated heterocycles. The molecule has 2 amide bonds. The number of imide groups is 1. The molecular weight excluding hydrogens is 512 g/mol. The minimum absolute atomic E-state index is 0.381. The molecule has 7 nitrogen and oxygen atoms in total. The summed E-state index contributed by atoms with van der Waals surface area (Å²) in [5.41, 5.74) is 5.24. The van der Waals surface area contributed by atoms with Gasteiger partial charge in [-0.2, -0.15) is 0 Å². The van der Waals surface area contributed by atoms with Gasteiger partial charge in [-0.25, -0.2) is 0 Å². The first-order chi connectivity index (χ1) is 20.1. The van der Waals surface area contributed by atoms with Gasteiger partial charge < -0.3 is 19.2 Å². The van der Waals surface area contributed by atoms with Crippen LogP contribution in [0.5, 0.6) is 5.75 Å². The lowest BCUT2D eigenvalue weighted by Gasteiger charge is -2.18.